The molecule has 0 aliphatic carbocycles. The summed E-state index contributed by atoms with van der Waals surface area (Å²) in [5, 5.41) is 0. The van der Waals surface area contributed by atoms with Crippen molar-refractivity contribution in [3.05, 3.63) is 0 Å². The van der Waals surface area contributed by atoms with Gasteiger partial charge in [-0.1, -0.05) is 0 Å². The monoisotopic (exact) mass is 190 g/mol. The van der Waals surface area contributed by atoms with Crippen molar-refractivity contribution >= 4 is 16.5 Å². The van der Waals surface area contributed by atoms with Crippen molar-refractivity contribution < 1.29 is 3.81 Å². The first-order valence-electron chi connectivity index (χ1n) is 4.34. The van der Waals surface area contributed by atoms with Gasteiger partial charge in [-0.3, -0.25) is 0 Å². The van der Waals surface area contributed by atoms with Gasteiger partial charge in [-0.2, -0.15) is 0 Å². The Bertz CT molecular complexity index is 123. The van der Waals surface area contributed by atoms with Gasteiger partial charge in [-0.05, 0) is 39.3 Å². The van der Waals surface area contributed by atoms with E-state index in [0.29, 0.717) is 0 Å². The van der Waals surface area contributed by atoms with Crippen LogP contribution in [0.3, 0.4) is 0 Å². The van der Waals surface area contributed by atoms with E-state index in [0.717, 1.165) is 0 Å². The highest BCUT2D eigenvalue weighted by atomic mass is 28.4. The van der Waals surface area contributed by atoms with Crippen LogP contribution < -0.4 is 0 Å². The maximum Gasteiger partial charge on any atom is 0.259 e. The average molecular weight is 190 g/mol. The summed E-state index contributed by atoms with van der Waals surface area (Å²) < 4.78 is 1.32. The highest BCUT2D eigenvalue weighted by Crippen LogP contribution is 2.24. The Morgan fingerprint density at radius 1 is 0.636 bits per heavy atom. The van der Waals surface area contributed by atoms with Crippen molar-refractivity contribution in [2.24, 2.45) is 0 Å². The number of hydrogen-bond acceptors (Lipinski definition) is 0. The maximum atomic E-state index is 2.46. The summed E-state index contributed by atoms with van der Waals surface area (Å²) in [4.78, 5) is 0. The Labute approximate surface area is 74.2 Å². The molecule has 1 nitrogen and oxygen atoms in total. The van der Waals surface area contributed by atoms with Crippen LogP contribution in [-0.4, -0.2) is 34.4 Å². The van der Waals surface area contributed by atoms with Crippen molar-refractivity contribution in [1.82, 2.24) is 0 Å². The third kappa shape index (κ3) is 2.16. The van der Waals surface area contributed by atoms with Crippen molar-refractivity contribution in [3.8, 4) is 0 Å². The van der Waals surface area contributed by atoms with Gasteiger partial charge in [0.05, 0.1) is 0 Å². The summed E-state index contributed by atoms with van der Waals surface area (Å²) in [7, 11) is 2.79. The van der Waals surface area contributed by atoms with Crippen LogP contribution in [-0.2, 0) is 0 Å². The minimum Gasteiger partial charge on any atom is -0.450 e. The molecule has 0 radical (unpaired) electrons. The summed E-state index contributed by atoms with van der Waals surface area (Å²) in [6.45, 7) is 14.8. The van der Waals surface area contributed by atoms with Gasteiger partial charge in [0, 0.05) is 14.1 Å². The summed E-state index contributed by atoms with van der Waals surface area (Å²) in [5.41, 5.74) is 0. The molecular formula is C8H24NSi2+. The third-order valence-corrected chi connectivity index (χ3v) is 14.1. The van der Waals surface area contributed by atoms with Crippen molar-refractivity contribution in [2.75, 3.05) is 14.1 Å². The normalized spacial score (nSPS) is 15.3. The SMILES string of the molecule is C[N+](C)([Si](C)(C)C)[Si](C)(C)C. The fourth-order valence-electron chi connectivity index (χ4n) is 1.01. The lowest BCUT2D eigenvalue weighted by Gasteiger charge is -2.51. The van der Waals surface area contributed by atoms with E-state index < -0.39 is 16.5 Å². The van der Waals surface area contributed by atoms with Crippen molar-refractivity contribution in [3.63, 3.8) is 0 Å². The molecule has 0 aliphatic heterocycles. The number of nitrogens with zero attached hydrogens (tertiary/aromatic N) is 1. The van der Waals surface area contributed by atoms with Gasteiger partial charge in [0.1, 0.15) is 0 Å². The lowest BCUT2D eigenvalue weighted by molar-refractivity contribution is -0.682. The minimum absolute atomic E-state index is 1.02. The second kappa shape index (κ2) is 2.71. The molecule has 68 valence electrons. The van der Waals surface area contributed by atoms with Crippen molar-refractivity contribution in [2.45, 2.75) is 39.3 Å². The Morgan fingerprint density at radius 3 is 0.818 bits per heavy atom. The summed E-state index contributed by atoms with van der Waals surface area (Å²) >= 11 is 0. The highest BCUT2D eigenvalue weighted by molar-refractivity contribution is 6.82. The van der Waals surface area contributed by atoms with E-state index >= 15 is 0 Å². The molecular weight excluding hydrogens is 166 g/mol. The minimum atomic E-state index is -1.02. The molecule has 0 aromatic rings. The van der Waals surface area contributed by atoms with Gasteiger partial charge in [0.15, 0.2) is 0 Å². The molecule has 0 N–H and O–H groups in total. The van der Waals surface area contributed by atoms with Crippen LogP contribution in [0.1, 0.15) is 0 Å². The van der Waals surface area contributed by atoms with Gasteiger partial charge < -0.3 is 3.81 Å². The number of rotatable bonds is 2. The first kappa shape index (κ1) is 11.4. The molecule has 0 saturated heterocycles. The second-order valence-electron chi connectivity index (χ2n) is 5.80. The summed E-state index contributed by atoms with van der Waals surface area (Å²) in [5.74, 6) is 0. The van der Waals surface area contributed by atoms with Gasteiger partial charge >= 0.3 is 0 Å². The van der Waals surface area contributed by atoms with E-state index in [4.69, 9.17) is 0 Å². The van der Waals surface area contributed by atoms with Crippen molar-refractivity contribution in [1.29, 1.82) is 0 Å². The Kier molecular flexibility index (Phi) is 2.81. The maximum absolute atomic E-state index is 2.46. The molecule has 0 aromatic heterocycles. The first-order valence-corrected chi connectivity index (χ1v) is 11.2. The molecule has 3 heteroatoms. The standard InChI is InChI=1S/C8H24NSi2/c1-9(2,10(3,4)5)11(6,7)8/h1-8H3/q+1. The van der Waals surface area contributed by atoms with E-state index in [1.807, 2.05) is 0 Å². The Morgan fingerprint density at radius 2 is 0.818 bits per heavy atom. The van der Waals surface area contributed by atoms with Gasteiger partial charge in [-0.15, -0.1) is 0 Å². The van der Waals surface area contributed by atoms with Gasteiger partial charge in [-0.25, -0.2) is 0 Å². The zero-order valence-electron chi connectivity index (χ0n) is 9.45. The average Bonchev–Trinajstić information content (AvgIpc) is 1.58. The lowest BCUT2D eigenvalue weighted by Crippen LogP contribution is -2.70. The second-order valence-corrected chi connectivity index (χ2v) is 17.2. The molecule has 11 heavy (non-hydrogen) atoms. The fourth-order valence-corrected chi connectivity index (χ4v) is 9.06. The number of hydrogen-bond donors (Lipinski definition) is 0. The molecule has 0 rings (SSSR count). The summed E-state index contributed by atoms with van der Waals surface area (Å²) in [6, 6.07) is 0. The zero-order chi connectivity index (χ0) is 9.50. The van der Waals surface area contributed by atoms with Crippen LogP contribution >= 0.6 is 0 Å². The van der Waals surface area contributed by atoms with Crippen LogP contribution in [0.4, 0.5) is 0 Å². The molecule has 0 spiro atoms. The predicted octanol–water partition coefficient (Wildman–Crippen LogP) is 2.73. The first-order chi connectivity index (χ1) is 4.50. The molecule has 0 atom stereocenters. The fraction of sp³-hybridized carbons (Fsp3) is 1.00. The molecule has 0 amide bonds. The molecule has 0 fully saturated rings. The topological polar surface area (TPSA) is 0 Å². The molecule has 0 aliphatic rings. The van der Waals surface area contributed by atoms with E-state index in [1.165, 1.54) is 3.81 Å². The van der Waals surface area contributed by atoms with E-state index in [9.17, 15) is 0 Å². The quantitative estimate of drug-likeness (QED) is 0.588. The summed E-state index contributed by atoms with van der Waals surface area (Å²) in [6.07, 6.45) is 0. The van der Waals surface area contributed by atoms with Gasteiger partial charge in [0.2, 0.25) is 0 Å². The van der Waals surface area contributed by atoms with Gasteiger partial charge in [0.25, 0.3) is 16.5 Å². The van der Waals surface area contributed by atoms with Crippen LogP contribution in [0.15, 0.2) is 0 Å². The largest absolute Gasteiger partial charge is 0.450 e. The molecule has 0 unspecified atom stereocenters. The Balaban J connectivity index is 4.75. The smallest absolute Gasteiger partial charge is 0.259 e. The third-order valence-electron chi connectivity index (χ3n) is 3.35. The molecule has 0 saturated carbocycles. The van der Waals surface area contributed by atoms with Crippen LogP contribution in [0.2, 0.25) is 39.3 Å². The predicted molar refractivity (Wildman–Crippen MR) is 58.8 cm³/mol. The lowest BCUT2D eigenvalue weighted by atomic mass is 11.2. The highest BCUT2D eigenvalue weighted by Gasteiger charge is 2.45. The molecule has 0 bridgehead atoms. The zero-order valence-corrected chi connectivity index (χ0v) is 11.4. The van der Waals surface area contributed by atoms with Crippen LogP contribution in [0, 0.1) is 0 Å². The van der Waals surface area contributed by atoms with Crippen LogP contribution in [0.5, 0.6) is 0 Å². The van der Waals surface area contributed by atoms with E-state index in [1.54, 1.807) is 0 Å². The Hall–Kier alpha value is 0.394. The molecule has 0 aromatic carbocycles. The van der Waals surface area contributed by atoms with E-state index in [-0.39, 0.29) is 0 Å². The van der Waals surface area contributed by atoms with Crippen LogP contribution in [0.25, 0.3) is 0 Å². The number of quaternary nitrogens is 1. The molecule has 0 heterocycles. The van der Waals surface area contributed by atoms with E-state index in [2.05, 4.69) is 53.4 Å².